The molecule has 0 radical (unpaired) electrons. The average molecular weight is 466 g/mol. The minimum Gasteiger partial charge on any atom is -0.383 e. The highest BCUT2D eigenvalue weighted by Gasteiger charge is 2.24. The first-order chi connectivity index (χ1) is 16.5. The summed E-state index contributed by atoms with van der Waals surface area (Å²) >= 11 is 0. The number of likely N-dealkylation sites (tertiary alicyclic amines) is 1. The highest BCUT2D eigenvalue weighted by molar-refractivity contribution is 5.88. The van der Waals surface area contributed by atoms with E-state index >= 15 is 0 Å². The van der Waals surface area contributed by atoms with Crippen LogP contribution in [0.3, 0.4) is 0 Å². The summed E-state index contributed by atoms with van der Waals surface area (Å²) in [6, 6.07) is 16.2. The number of nitrogens with two attached hydrogens (primary N) is 1. The number of nitrogens with one attached hydrogen (secondary N) is 1. The molecule has 1 saturated heterocycles. The minimum absolute atomic E-state index is 0.132. The summed E-state index contributed by atoms with van der Waals surface area (Å²) in [5, 5.41) is 7.25. The fourth-order valence-corrected chi connectivity index (χ4v) is 4.68. The van der Waals surface area contributed by atoms with Gasteiger partial charge in [-0.15, -0.1) is 0 Å². The van der Waals surface area contributed by atoms with Crippen LogP contribution in [0.25, 0.3) is 5.69 Å². The number of ether oxygens (including phenoxy) is 1. The predicted octanol–water partition coefficient (Wildman–Crippen LogP) is 4.11. The lowest BCUT2D eigenvalue weighted by molar-refractivity contribution is 0.160. The molecule has 1 atom stereocenters. The Morgan fingerprint density at radius 3 is 2.76 bits per heavy atom. The third-order valence-corrected chi connectivity index (χ3v) is 6.35. The van der Waals surface area contributed by atoms with Crippen molar-refractivity contribution < 1.29 is 13.9 Å². The topological polar surface area (TPSA) is 85.4 Å². The number of para-hydroxylation sites is 1. The second-order valence-corrected chi connectivity index (χ2v) is 8.70. The molecule has 1 fully saturated rings. The van der Waals surface area contributed by atoms with E-state index < -0.39 is 6.03 Å². The van der Waals surface area contributed by atoms with Gasteiger partial charge in [0.1, 0.15) is 11.6 Å². The number of halogens is 1. The van der Waals surface area contributed by atoms with Crippen LogP contribution >= 0.6 is 0 Å². The molecule has 0 unspecified atom stereocenters. The van der Waals surface area contributed by atoms with Gasteiger partial charge < -0.3 is 15.4 Å². The van der Waals surface area contributed by atoms with Gasteiger partial charge in [0.15, 0.2) is 0 Å². The summed E-state index contributed by atoms with van der Waals surface area (Å²) in [5.74, 6) is 1.06. The van der Waals surface area contributed by atoms with Crippen LogP contribution in [-0.4, -0.2) is 54.1 Å². The highest BCUT2D eigenvalue weighted by Crippen LogP contribution is 2.30. The first kappa shape index (κ1) is 23.9. The number of fused-ring (bicyclic) bond motifs is 1. The molecule has 0 saturated carbocycles. The second-order valence-electron chi connectivity index (χ2n) is 8.70. The smallest absolute Gasteiger partial charge is 0.317 e. The number of primary amides is 1. The first-order valence-electron chi connectivity index (χ1n) is 11.7. The largest absolute Gasteiger partial charge is 0.383 e. The number of carbonyl (C=O) groups is 1. The number of hydrogen-bond donors (Lipinski definition) is 2. The van der Waals surface area contributed by atoms with Gasteiger partial charge >= 0.3 is 6.03 Å². The van der Waals surface area contributed by atoms with Gasteiger partial charge in [0.05, 0.1) is 18.0 Å². The van der Waals surface area contributed by atoms with Gasteiger partial charge in [-0.05, 0) is 68.0 Å². The molecule has 1 aliphatic heterocycles. The maximum absolute atomic E-state index is 13.1. The Kier molecular flexibility index (Phi) is 7.92. The monoisotopic (exact) mass is 465 g/mol. The summed E-state index contributed by atoms with van der Waals surface area (Å²) in [6.45, 7) is 3.86. The first-order valence-corrected chi connectivity index (χ1v) is 11.7. The van der Waals surface area contributed by atoms with Crippen LogP contribution < -0.4 is 11.1 Å². The van der Waals surface area contributed by atoms with Crippen molar-refractivity contribution in [1.82, 2.24) is 14.7 Å². The van der Waals surface area contributed by atoms with Crippen molar-refractivity contribution in [2.24, 2.45) is 5.73 Å². The van der Waals surface area contributed by atoms with E-state index in [4.69, 9.17) is 10.5 Å². The van der Waals surface area contributed by atoms with Crippen molar-refractivity contribution >= 4 is 11.8 Å². The number of benzene rings is 2. The molecule has 8 heteroatoms. The van der Waals surface area contributed by atoms with Crippen LogP contribution in [-0.2, 0) is 17.6 Å². The Bertz CT molecular complexity index is 1100. The van der Waals surface area contributed by atoms with E-state index in [0.29, 0.717) is 11.7 Å². The van der Waals surface area contributed by atoms with Crippen molar-refractivity contribution in [3.63, 3.8) is 0 Å². The van der Waals surface area contributed by atoms with Crippen LogP contribution in [0.2, 0.25) is 0 Å². The third kappa shape index (κ3) is 5.81. The number of methoxy groups -OCH3 is 1. The molecular weight excluding hydrogens is 433 g/mol. The zero-order valence-corrected chi connectivity index (χ0v) is 19.5. The van der Waals surface area contributed by atoms with Gasteiger partial charge in [0.2, 0.25) is 0 Å². The number of amides is 2. The number of aromatic nitrogens is 2. The quantitative estimate of drug-likeness (QED) is 0.574. The Labute approximate surface area is 199 Å². The highest BCUT2D eigenvalue weighted by atomic mass is 19.1. The van der Waals surface area contributed by atoms with E-state index in [1.54, 1.807) is 23.9 Å². The molecule has 5 rings (SSSR count). The summed E-state index contributed by atoms with van der Waals surface area (Å²) in [6.07, 6.45) is 4.11. The number of aryl methyl sites for hydroxylation is 1. The molecule has 2 heterocycles. The summed E-state index contributed by atoms with van der Waals surface area (Å²) < 4.78 is 19.9. The minimum atomic E-state index is -0.554. The summed E-state index contributed by atoms with van der Waals surface area (Å²) in [4.78, 5) is 13.5. The second kappa shape index (κ2) is 11.3. The molecule has 0 spiro atoms. The van der Waals surface area contributed by atoms with E-state index in [1.165, 1.54) is 6.07 Å². The van der Waals surface area contributed by atoms with E-state index in [2.05, 4.69) is 15.3 Å². The molecule has 3 aromatic rings. The van der Waals surface area contributed by atoms with Crippen molar-refractivity contribution in [3.8, 4) is 5.69 Å². The zero-order valence-electron chi connectivity index (χ0n) is 19.5. The van der Waals surface area contributed by atoms with Gasteiger partial charge in [-0.3, -0.25) is 5.32 Å². The molecule has 0 bridgehead atoms. The Balaban J connectivity index is 0.000000162. The van der Waals surface area contributed by atoms with Crippen LogP contribution in [0.5, 0.6) is 0 Å². The lowest BCUT2D eigenvalue weighted by atomic mass is 9.98. The maximum atomic E-state index is 13.1. The molecule has 34 heavy (non-hydrogen) atoms. The number of carbonyl (C=O) groups excluding carboxylic acids is 1. The van der Waals surface area contributed by atoms with E-state index in [9.17, 15) is 9.18 Å². The van der Waals surface area contributed by atoms with Crippen LogP contribution in [0.1, 0.15) is 35.6 Å². The van der Waals surface area contributed by atoms with Crippen molar-refractivity contribution in [2.45, 2.75) is 31.6 Å². The van der Waals surface area contributed by atoms with E-state index in [0.717, 1.165) is 74.4 Å². The molecule has 2 aliphatic rings. The van der Waals surface area contributed by atoms with Gasteiger partial charge in [0.25, 0.3) is 0 Å². The molecule has 3 N–H and O–H groups in total. The summed E-state index contributed by atoms with van der Waals surface area (Å²) in [7, 11) is 1.72. The van der Waals surface area contributed by atoms with Crippen molar-refractivity contribution in [2.75, 3.05) is 38.7 Å². The average Bonchev–Trinajstić information content (AvgIpc) is 3.56. The van der Waals surface area contributed by atoms with Crippen LogP contribution in [0.4, 0.5) is 15.0 Å². The fourth-order valence-electron chi connectivity index (χ4n) is 4.68. The van der Waals surface area contributed by atoms with Crippen molar-refractivity contribution in [3.05, 3.63) is 77.2 Å². The van der Waals surface area contributed by atoms with Gasteiger partial charge in [0, 0.05) is 25.8 Å². The molecular formula is C26H32FN5O2. The normalized spacial score (nSPS) is 17.2. The molecule has 1 aliphatic carbocycles. The van der Waals surface area contributed by atoms with E-state index in [1.807, 2.05) is 36.4 Å². The lowest BCUT2D eigenvalue weighted by Gasteiger charge is -2.15. The fraction of sp³-hybridized carbons (Fsp3) is 0.385. The SMILES string of the molecule is COCCN1CC[C@H](c2cccc(F)c2)C1.NC(=O)Nc1c2c(nn1-c1ccccc1)CCC2. The van der Waals surface area contributed by atoms with Gasteiger partial charge in [-0.1, -0.05) is 30.3 Å². The molecule has 180 valence electrons. The number of hydrogen-bond acceptors (Lipinski definition) is 4. The zero-order chi connectivity index (χ0) is 23.9. The van der Waals surface area contributed by atoms with Crippen LogP contribution in [0.15, 0.2) is 54.6 Å². The number of anilines is 1. The molecule has 7 nitrogen and oxygen atoms in total. The van der Waals surface area contributed by atoms with Crippen molar-refractivity contribution in [1.29, 1.82) is 0 Å². The van der Waals surface area contributed by atoms with Gasteiger partial charge in [-0.2, -0.15) is 5.10 Å². The molecule has 1 aromatic heterocycles. The van der Waals surface area contributed by atoms with Crippen LogP contribution in [0, 0.1) is 5.82 Å². The Morgan fingerprint density at radius 1 is 1.21 bits per heavy atom. The molecule has 2 amide bonds. The Morgan fingerprint density at radius 2 is 2.03 bits per heavy atom. The lowest BCUT2D eigenvalue weighted by Crippen LogP contribution is -2.24. The number of rotatable bonds is 6. The molecule has 2 aromatic carbocycles. The number of nitrogens with zero attached hydrogens (tertiary/aromatic N) is 3. The standard InChI is InChI=1S/C13H18FNO.C13H14N4O/c1-16-8-7-15-6-5-12(10-15)11-3-2-4-13(14)9-11;14-13(18)15-12-10-7-4-8-11(10)16-17(12)9-5-2-1-3-6-9/h2-4,9,12H,5-8,10H2,1H3;1-3,5-6H,4,7-8H2,(H3,14,15,18)/t12-;/m0./s1. The maximum Gasteiger partial charge on any atom is 0.317 e. The Hall–Kier alpha value is -3.23. The third-order valence-electron chi connectivity index (χ3n) is 6.35. The van der Waals surface area contributed by atoms with E-state index in [-0.39, 0.29) is 5.82 Å². The van der Waals surface area contributed by atoms with Gasteiger partial charge in [-0.25, -0.2) is 13.9 Å². The predicted molar refractivity (Wildman–Crippen MR) is 131 cm³/mol. The number of urea groups is 1. The summed E-state index contributed by atoms with van der Waals surface area (Å²) in [5.41, 5.74) is 9.45.